The van der Waals surface area contributed by atoms with Crippen LogP contribution in [0.2, 0.25) is 0 Å². The number of benzene rings is 3. The molecule has 1 aliphatic heterocycles. The molecule has 0 bridgehead atoms. The molecule has 55 heavy (non-hydrogen) atoms. The van der Waals surface area contributed by atoms with E-state index >= 15 is 0 Å². The van der Waals surface area contributed by atoms with Gasteiger partial charge in [0, 0.05) is 27.6 Å². The SMILES string of the molecule is CCOC(=O)c1c(NC(=O)C(CC)Sc2cccc(NC(=O)/C(=C/c3ccccc3C)NC(=O)c3ccccc3)c2)sc2c1CCN(C(=O)OC(C)(C)C)C2. The van der Waals surface area contributed by atoms with E-state index in [1.165, 1.54) is 23.1 Å². The maximum atomic E-state index is 13.8. The molecule has 5 rings (SSSR count). The van der Waals surface area contributed by atoms with Gasteiger partial charge in [0.2, 0.25) is 5.91 Å². The fourth-order valence-electron chi connectivity index (χ4n) is 5.76. The highest BCUT2D eigenvalue weighted by Gasteiger charge is 2.33. The van der Waals surface area contributed by atoms with E-state index in [0.29, 0.717) is 41.2 Å². The Morgan fingerprint density at radius 2 is 1.67 bits per heavy atom. The maximum Gasteiger partial charge on any atom is 0.410 e. The molecule has 1 aromatic heterocycles. The number of thiophene rings is 1. The zero-order valence-electron chi connectivity index (χ0n) is 31.8. The predicted molar refractivity (Wildman–Crippen MR) is 217 cm³/mol. The smallest absolute Gasteiger partial charge is 0.410 e. The molecule has 0 saturated carbocycles. The van der Waals surface area contributed by atoms with Crippen molar-refractivity contribution in [3.8, 4) is 0 Å². The first-order valence-corrected chi connectivity index (χ1v) is 19.8. The van der Waals surface area contributed by atoms with Crippen LogP contribution in [0, 0.1) is 6.92 Å². The van der Waals surface area contributed by atoms with E-state index < -0.39 is 34.7 Å². The molecule has 0 radical (unpaired) electrons. The molecule has 2 heterocycles. The predicted octanol–water partition coefficient (Wildman–Crippen LogP) is 8.45. The van der Waals surface area contributed by atoms with Crippen LogP contribution in [0.25, 0.3) is 6.08 Å². The van der Waals surface area contributed by atoms with Gasteiger partial charge in [-0.15, -0.1) is 23.1 Å². The first-order chi connectivity index (χ1) is 26.3. The second-order valence-corrected chi connectivity index (χ2v) is 16.2. The lowest BCUT2D eigenvalue weighted by atomic mass is 10.0. The topological polar surface area (TPSA) is 143 Å². The molecular weight excluding hydrogens is 737 g/mol. The molecule has 0 fully saturated rings. The highest BCUT2D eigenvalue weighted by molar-refractivity contribution is 8.00. The van der Waals surface area contributed by atoms with Crippen LogP contribution < -0.4 is 16.0 Å². The molecule has 4 amide bonds. The molecule has 4 aromatic rings. The van der Waals surface area contributed by atoms with Gasteiger partial charge in [-0.1, -0.05) is 55.5 Å². The van der Waals surface area contributed by atoms with E-state index in [-0.39, 0.29) is 24.8 Å². The van der Waals surface area contributed by atoms with Gasteiger partial charge in [-0.05, 0) is 101 Å². The molecule has 0 aliphatic carbocycles. The van der Waals surface area contributed by atoms with Crippen molar-refractivity contribution in [2.75, 3.05) is 23.8 Å². The Bertz CT molecular complexity index is 2090. The van der Waals surface area contributed by atoms with Gasteiger partial charge in [0.25, 0.3) is 11.8 Å². The van der Waals surface area contributed by atoms with E-state index in [2.05, 4.69) is 16.0 Å². The Morgan fingerprint density at radius 1 is 0.945 bits per heavy atom. The minimum absolute atomic E-state index is 0.0669. The summed E-state index contributed by atoms with van der Waals surface area (Å²) < 4.78 is 11.0. The van der Waals surface area contributed by atoms with Crippen molar-refractivity contribution in [1.82, 2.24) is 10.2 Å². The number of nitrogens with one attached hydrogen (secondary N) is 3. The standard InChI is InChI=1S/C42H46N4O7S2/c1-7-33(38(49)45-39-35(40(50)52-8-2)31-21-22-46(25-34(31)55-39)41(51)53-42(4,5)6)54-30-20-14-19-29(24-30)43-37(48)32(23-28-18-13-12-15-26(28)3)44-36(47)27-16-10-9-11-17-27/h9-20,23-24,33H,7-8,21-22,25H2,1-6H3,(H,43,48)(H,44,47)(H,45,49)/b32-23-. The van der Waals surface area contributed by atoms with Crippen molar-refractivity contribution < 1.29 is 33.4 Å². The Hall–Kier alpha value is -5.40. The summed E-state index contributed by atoms with van der Waals surface area (Å²) in [6, 6.07) is 23.3. The van der Waals surface area contributed by atoms with Crippen LogP contribution >= 0.6 is 23.1 Å². The van der Waals surface area contributed by atoms with Crippen LogP contribution in [0.4, 0.5) is 15.5 Å². The van der Waals surface area contributed by atoms with Gasteiger partial charge in [0.1, 0.15) is 16.3 Å². The minimum Gasteiger partial charge on any atom is -0.462 e. The summed E-state index contributed by atoms with van der Waals surface area (Å²) >= 11 is 2.58. The molecule has 3 aromatic carbocycles. The van der Waals surface area contributed by atoms with Gasteiger partial charge in [0.05, 0.1) is 24.0 Å². The summed E-state index contributed by atoms with van der Waals surface area (Å²) in [7, 11) is 0. The van der Waals surface area contributed by atoms with Crippen LogP contribution in [0.1, 0.15) is 83.3 Å². The Balaban J connectivity index is 1.32. The number of carbonyl (C=O) groups excluding carboxylic acids is 5. The maximum absolute atomic E-state index is 13.8. The Morgan fingerprint density at radius 3 is 2.36 bits per heavy atom. The van der Waals surface area contributed by atoms with Gasteiger partial charge in [-0.2, -0.15) is 0 Å². The van der Waals surface area contributed by atoms with Gasteiger partial charge in [-0.25, -0.2) is 9.59 Å². The number of anilines is 2. The number of esters is 1. The number of ether oxygens (including phenoxy) is 2. The molecule has 0 saturated heterocycles. The first kappa shape index (κ1) is 40.8. The van der Waals surface area contributed by atoms with Gasteiger partial charge >= 0.3 is 12.1 Å². The van der Waals surface area contributed by atoms with E-state index in [9.17, 15) is 24.0 Å². The molecule has 1 unspecified atom stereocenters. The third-order valence-corrected chi connectivity index (χ3v) is 11.0. The average Bonchev–Trinajstić information content (AvgIpc) is 3.51. The lowest BCUT2D eigenvalue weighted by Crippen LogP contribution is -2.39. The van der Waals surface area contributed by atoms with Crippen molar-refractivity contribution >= 4 is 69.6 Å². The number of amides is 4. The van der Waals surface area contributed by atoms with E-state index in [1.807, 2.05) is 71.0 Å². The Labute approximate surface area is 329 Å². The van der Waals surface area contributed by atoms with Crippen LogP contribution in [0.5, 0.6) is 0 Å². The second kappa shape index (κ2) is 18.3. The van der Waals surface area contributed by atoms with E-state index in [4.69, 9.17) is 9.47 Å². The summed E-state index contributed by atoms with van der Waals surface area (Å²) in [5.74, 6) is -1.77. The van der Waals surface area contributed by atoms with E-state index in [1.54, 1.807) is 60.4 Å². The number of aryl methyl sites for hydroxylation is 1. The molecular formula is C42H46N4O7S2. The lowest BCUT2D eigenvalue weighted by Gasteiger charge is -2.30. The van der Waals surface area contributed by atoms with Gasteiger partial charge in [-0.3, -0.25) is 14.4 Å². The van der Waals surface area contributed by atoms with Crippen molar-refractivity contribution in [2.45, 2.75) is 76.7 Å². The summed E-state index contributed by atoms with van der Waals surface area (Å²) in [5.41, 5.74) is 3.09. The molecule has 1 aliphatic rings. The third-order valence-electron chi connectivity index (χ3n) is 8.48. The largest absolute Gasteiger partial charge is 0.462 e. The zero-order chi connectivity index (χ0) is 39.7. The number of fused-ring (bicyclic) bond motifs is 1. The first-order valence-electron chi connectivity index (χ1n) is 18.1. The van der Waals surface area contributed by atoms with Crippen molar-refractivity contribution in [2.24, 2.45) is 0 Å². The highest BCUT2D eigenvalue weighted by Crippen LogP contribution is 2.39. The van der Waals surface area contributed by atoms with Gasteiger partial charge in [0.15, 0.2) is 0 Å². The molecule has 1 atom stereocenters. The normalized spacial score (nSPS) is 13.3. The fourth-order valence-corrected chi connectivity index (χ4v) is 8.03. The molecule has 3 N–H and O–H groups in total. The number of rotatable bonds is 12. The monoisotopic (exact) mass is 782 g/mol. The summed E-state index contributed by atoms with van der Waals surface area (Å²) in [5, 5.41) is 8.48. The third kappa shape index (κ3) is 10.9. The summed E-state index contributed by atoms with van der Waals surface area (Å²) in [6.45, 7) is 11.7. The molecule has 11 nitrogen and oxygen atoms in total. The van der Waals surface area contributed by atoms with Crippen LogP contribution in [0.15, 0.2) is 89.5 Å². The molecule has 288 valence electrons. The van der Waals surface area contributed by atoms with Crippen molar-refractivity contribution in [3.63, 3.8) is 0 Å². The zero-order valence-corrected chi connectivity index (χ0v) is 33.5. The minimum atomic E-state index is -0.651. The fraction of sp³-hybridized carbons (Fsp3) is 0.310. The number of thioether (sulfide) groups is 1. The quantitative estimate of drug-likeness (QED) is 0.0739. The van der Waals surface area contributed by atoms with Gasteiger partial charge < -0.3 is 30.3 Å². The van der Waals surface area contributed by atoms with Crippen LogP contribution in [-0.2, 0) is 32.0 Å². The second-order valence-electron chi connectivity index (χ2n) is 13.8. The van der Waals surface area contributed by atoms with Crippen LogP contribution in [-0.4, -0.2) is 58.7 Å². The molecule has 0 spiro atoms. The summed E-state index contributed by atoms with van der Waals surface area (Å²) in [4.78, 5) is 69.8. The number of hydrogen-bond donors (Lipinski definition) is 3. The number of carbonyl (C=O) groups is 5. The average molecular weight is 783 g/mol. The summed E-state index contributed by atoms with van der Waals surface area (Å²) in [6.07, 6.45) is 2.08. The Kier molecular flexibility index (Phi) is 13.6. The van der Waals surface area contributed by atoms with E-state index in [0.717, 1.165) is 26.5 Å². The highest BCUT2D eigenvalue weighted by atomic mass is 32.2. The molecule has 13 heteroatoms. The van der Waals surface area contributed by atoms with Crippen molar-refractivity contribution in [1.29, 1.82) is 0 Å². The van der Waals surface area contributed by atoms with Crippen LogP contribution in [0.3, 0.4) is 0 Å². The number of hydrogen-bond acceptors (Lipinski definition) is 9. The van der Waals surface area contributed by atoms with Crippen molar-refractivity contribution in [3.05, 3.63) is 117 Å². The number of nitrogens with zero attached hydrogens (tertiary/aromatic N) is 1. The lowest BCUT2D eigenvalue weighted by molar-refractivity contribution is -0.116.